The van der Waals surface area contributed by atoms with Gasteiger partial charge < -0.3 is 10.5 Å². The monoisotopic (exact) mass is 259 g/mol. The van der Waals surface area contributed by atoms with Crippen LogP contribution in [0.4, 0.5) is 4.39 Å². The zero-order valence-electron chi connectivity index (χ0n) is 11.2. The first-order valence-corrected chi connectivity index (χ1v) is 6.25. The molecule has 0 spiro atoms. The molecule has 0 fully saturated rings. The molecule has 3 heteroatoms. The molecule has 2 aromatic rings. The maximum absolute atomic E-state index is 14.0. The number of benzene rings is 2. The summed E-state index contributed by atoms with van der Waals surface area (Å²) >= 11 is 0. The summed E-state index contributed by atoms with van der Waals surface area (Å²) in [6.07, 6.45) is 0.450. The summed E-state index contributed by atoms with van der Waals surface area (Å²) in [7, 11) is 1.46. The Morgan fingerprint density at radius 3 is 2.47 bits per heavy atom. The minimum Gasteiger partial charge on any atom is -0.494 e. The first kappa shape index (κ1) is 13.6. The molecule has 19 heavy (non-hydrogen) atoms. The van der Waals surface area contributed by atoms with Gasteiger partial charge in [0.05, 0.1) is 7.11 Å². The number of hydrogen-bond donors (Lipinski definition) is 1. The van der Waals surface area contributed by atoms with Gasteiger partial charge in [0.1, 0.15) is 0 Å². The van der Waals surface area contributed by atoms with Gasteiger partial charge in [-0.3, -0.25) is 0 Å². The second kappa shape index (κ2) is 5.85. The van der Waals surface area contributed by atoms with Crippen LogP contribution in [0.5, 0.6) is 5.75 Å². The van der Waals surface area contributed by atoms with Crippen LogP contribution in [0.1, 0.15) is 22.7 Å². The van der Waals surface area contributed by atoms with Crippen LogP contribution in [0.25, 0.3) is 0 Å². The molecule has 0 heterocycles. The Labute approximate surface area is 113 Å². The second-order valence-electron chi connectivity index (χ2n) is 4.65. The van der Waals surface area contributed by atoms with E-state index in [4.69, 9.17) is 10.5 Å². The average Bonchev–Trinajstić information content (AvgIpc) is 2.42. The third-order valence-electron chi connectivity index (χ3n) is 3.21. The van der Waals surface area contributed by atoms with Crippen molar-refractivity contribution in [3.05, 3.63) is 65.0 Å². The van der Waals surface area contributed by atoms with E-state index in [9.17, 15) is 4.39 Å². The Bertz CT molecular complexity index is 551. The van der Waals surface area contributed by atoms with Crippen LogP contribution in [0.3, 0.4) is 0 Å². The summed E-state index contributed by atoms with van der Waals surface area (Å²) in [5, 5.41) is 0. The van der Waals surface area contributed by atoms with Crippen molar-refractivity contribution < 1.29 is 9.13 Å². The third kappa shape index (κ3) is 3.12. The molecule has 0 amide bonds. The molecule has 2 aromatic carbocycles. The van der Waals surface area contributed by atoms with E-state index < -0.39 is 0 Å². The molecule has 1 unspecified atom stereocenters. The van der Waals surface area contributed by atoms with E-state index in [1.54, 1.807) is 18.2 Å². The average molecular weight is 259 g/mol. The minimum absolute atomic E-state index is 0.220. The van der Waals surface area contributed by atoms with Crippen molar-refractivity contribution in [2.45, 2.75) is 19.4 Å². The van der Waals surface area contributed by atoms with Gasteiger partial charge in [-0.05, 0) is 30.5 Å². The molecule has 0 saturated heterocycles. The van der Waals surface area contributed by atoms with Crippen molar-refractivity contribution in [3.8, 4) is 5.75 Å². The highest BCUT2D eigenvalue weighted by Crippen LogP contribution is 2.24. The van der Waals surface area contributed by atoms with E-state index in [0.29, 0.717) is 12.0 Å². The predicted octanol–water partition coefficient (Wildman–Crippen LogP) is 3.39. The van der Waals surface area contributed by atoms with Gasteiger partial charge in [0.15, 0.2) is 11.6 Å². The fourth-order valence-corrected chi connectivity index (χ4v) is 2.04. The maximum atomic E-state index is 14.0. The topological polar surface area (TPSA) is 35.2 Å². The quantitative estimate of drug-likeness (QED) is 0.913. The molecule has 1 atom stereocenters. The van der Waals surface area contributed by atoms with Gasteiger partial charge in [-0.1, -0.05) is 42.0 Å². The number of ether oxygens (including phenoxy) is 1. The summed E-state index contributed by atoms with van der Waals surface area (Å²) in [4.78, 5) is 0. The van der Waals surface area contributed by atoms with Crippen molar-refractivity contribution >= 4 is 0 Å². The first-order valence-electron chi connectivity index (χ1n) is 6.25. The highest BCUT2D eigenvalue weighted by atomic mass is 19.1. The van der Waals surface area contributed by atoms with Gasteiger partial charge in [0, 0.05) is 6.04 Å². The lowest BCUT2D eigenvalue weighted by Gasteiger charge is -2.14. The molecule has 2 rings (SSSR count). The lowest BCUT2D eigenvalue weighted by molar-refractivity contribution is 0.383. The third-order valence-corrected chi connectivity index (χ3v) is 3.21. The van der Waals surface area contributed by atoms with E-state index in [2.05, 4.69) is 0 Å². The molecule has 0 saturated carbocycles. The summed E-state index contributed by atoms with van der Waals surface area (Å²) < 4.78 is 19.0. The number of rotatable bonds is 4. The van der Waals surface area contributed by atoms with E-state index >= 15 is 0 Å². The molecule has 2 nitrogen and oxygen atoms in total. The van der Waals surface area contributed by atoms with Gasteiger partial charge in [-0.15, -0.1) is 0 Å². The van der Waals surface area contributed by atoms with Crippen molar-refractivity contribution in [2.75, 3.05) is 7.11 Å². The standard InChI is InChI=1S/C16H18FNO/c1-11-6-8-12(9-7-11)14(18)10-13-4-3-5-15(19-2)16(13)17/h3-9,14H,10,18H2,1-2H3. The SMILES string of the molecule is COc1cccc(CC(N)c2ccc(C)cc2)c1F. The fraction of sp³-hybridized carbons (Fsp3) is 0.250. The van der Waals surface area contributed by atoms with Gasteiger partial charge >= 0.3 is 0 Å². The fourth-order valence-electron chi connectivity index (χ4n) is 2.04. The molecular formula is C16H18FNO. The maximum Gasteiger partial charge on any atom is 0.168 e. The van der Waals surface area contributed by atoms with Crippen molar-refractivity contribution in [1.29, 1.82) is 0 Å². The van der Waals surface area contributed by atoms with E-state index in [1.807, 2.05) is 31.2 Å². The predicted molar refractivity (Wildman–Crippen MR) is 74.8 cm³/mol. The number of aryl methyl sites for hydroxylation is 1. The molecule has 0 bridgehead atoms. The Hall–Kier alpha value is -1.87. The minimum atomic E-state index is -0.326. The van der Waals surface area contributed by atoms with Crippen LogP contribution in [-0.2, 0) is 6.42 Å². The molecule has 0 aliphatic rings. The number of nitrogens with two attached hydrogens (primary N) is 1. The Balaban J connectivity index is 2.19. The van der Waals surface area contributed by atoms with Gasteiger partial charge in [-0.25, -0.2) is 4.39 Å². The Morgan fingerprint density at radius 1 is 1.16 bits per heavy atom. The number of methoxy groups -OCH3 is 1. The summed E-state index contributed by atoms with van der Waals surface area (Å²) in [6.45, 7) is 2.02. The largest absolute Gasteiger partial charge is 0.494 e. The highest BCUT2D eigenvalue weighted by Gasteiger charge is 2.13. The van der Waals surface area contributed by atoms with Crippen LogP contribution >= 0.6 is 0 Å². The molecule has 2 N–H and O–H groups in total. The van der Waals surface area contributed by atoms with Crippen LogP contribution in [-0.4, -0.2) is 7.11 Å². The van der Waals surface area contributed by atoms with Crippen LogP contribution < -0.4 is 10.5 Å². The molecular weight excluding hydrogens is 241 g/mol. The van der Waals surface area contributed by atoms with Crippen molar-refractivity contribution in [2.24, 2.45) is 5.73 Å². The van der Waals surface area contributed by atoms with E-state index in [0.717, 1.165) is 5.56 Å². The van der Waals surface area contributed by atoms with Crippen molar-refractivity contribution in [3.63, 3.8) is 0 Å². The van der Waals surface area contributed by atoms with Crippen LogP contribution in [0.15, 0.2) is 42.5 Å². The molecule has 0 aliphatic heterocycles. The zero-order valence-corrected chi connectivity index (χ0v) is 11.2. The summed E-state index contributed by atoms with van der Waals surface area (Å²) in [6, 6.07) is 12.9. The van der Waals surface area contributed by atoms with Gasteiger partial charge in [0.2, 0.25) is 0 Å². The van der Waals surface area contributed by atoms with Crippen LogP contribution in [0.2, 0.25) is 0 Å². The molecule has 100 valence electrons. The number of hydrogen-bond acceptors (Lipinski definition) is 2. The van der Waals surface area contributed by atoms with Crippen LogP contribution in [0, 0.1) is 12.7 Å². The van der Waals surface area contributed by atoms with Gasteiger partial charge in [0.25, 0.3) is 0 Å². The Kier molecular flexibility index (Phi) is 4.17. The summed E-state index contributed by atoms with van der Waals surface area (Å²) in [5.74, 6) is -0.0684. The lowest BCUT2D eigenvalue weighted by Crippen LogP contribution is -2.14. The van der Waals surface area contributed by atoms with E-state index in [1.165, 1.54) is 12.7 Å². The first-order chi connectivity index (χ1) is 9.11. The van der Waals surface area contributed by atoms with Crippen molar-refractivity contribution in [1.82, 2.24) is 0 Å². The lowest BCUT2D eigenvalue weighted by atomic mass is 9.98. The normalized spacial score (nSPS) is 12.2. The molecule has 0 aliphatic carbocycles. The Morgan fingerprint density at radius 2 is 1.84 bits per heavy atom. The summed E-state index contributed by atoms with van der Waals surface area (Å²) in [5.41, 5.74) is 8.90. The smallest absolute Gasteiger partial charge is 0.168 e. The van der Waals surface area contributed by atoms with Gasteiger partial charge in [-0.2, -0.15) is 0 Å². The highest BCUT2D eigenvalue weighted by molar-refractivity contribution is 5.33. The zero-order chi connectivity index (χ0) is 13.8. The second-order valence-corrected chi connectivity index (χ2v) is 4.65. The van der Waals surface area contributed by atoms with E-state index in [-0.39, 0.29) is 17.6 Å². The number of halogens is 1. The molecule has 0 radical (unpaired) electrons. The molecule has 0 aromatic heterocycles.